The first-order valence-electron chi connectivity index (χ1n) is 5.44. The molecule has 0 aliphatic rings. The number of nitrogens with one attached hydrogen (secondary N) is 2. The van der Waals surface area contributed by atoms with Crippen molar-refractivity contribution in [3.05, 3.63) is 30.3 Å². The van der Waals surface area contributed by atoms with Crippen LogP contribution in [0, 0.1) is 0 Å². The number of rotatable bonds is 5. The molecular formula is C12H20ClN3O. The lowest BCUT2D eigenvalue weighted by Crippen LogP contribution is -2.45. The van der Waals surface area contributed by atoms with Gasteiger partial charge in [0.2, 0.25) is 5.91 Å². The summed E-state index contributed by atoms with van der Waals surface area (Å²) in [6, 6.07) is 9.46. The van der Waals surface area contributed by atoms with E-state index in [9.17, 15) is 4.79 Å². The van der Waals surface area contributed by atoms with Crippen LogP contribution in [0.5, 0.6) is 0 Å². The van der Waals surface area contributed by atoms with Crippen molar-refractivity contribution in [2.45, 2.75) is 25.9 Å². The van der Waals surface area contributed by atoms with Gasteiger partial charge < -0.3 is 16.4 Å². The molecule has 2 atom stereocenters. The fourth-order valence-corrected chi connectivity index (χ4v) is 1.25. The van der Waals surface area contributed by atoms with Crippen LogP contribution in [-0.4, -0.2) is 24.5 Å². The van der Waals surface area contributed by atoms with Crippen molar-refractivity contribution in [3.8, 4) is 0 Å². The largest absolute Gasteiger partial charge is 0.383 e. The first-order chi connectivity index (χ1) is 7.59. The first kappa shape index (κ1) is 15.7. The SMILES string of the molecule is CC(CNc1ccccc1)NC(=O)C(C)N.Cl. The number of amides is 1. The Labute approximate surface area is 108 Å². The second-order valence-corrected chi connectivity index (χ2v) is 3.95. The van der Waals surface area contributed by atoms with Crippen LogP contribution in [-0.2, 0) is 4.79 Å². The standard InChI is InChI=1S/C12H19N3O.ClH/c1-9(15-12(16)10(2)13)8-14-11-6-4-3-5-7-11;/h3-7,9-10,14H,8,13H2,1-2H3,(H,15,16);1H. The van der Waals surface area contributed by atoms with Crippen molar-refractivity contribution >= 4 is 24.0 Å². The molecule has 0 radical (unpaired) electrons. The van der Waals surface area contributed by atoms with E-state index in [0.717, 1.165) is 5.69 Å². The van der Waals surface area contributed by atoms with E-state index in [0.29, 0.717) is 6.54 Å². The summed E-state index contributed by atoms with van der Waals surface area (Å²) in [7, 11) is 0. The predicted molar refractivity (Wildman–Crippen MR) is 73.4 cm³/mol. The first-order valence-corrected chi connectivity index (χ1v) is 5.44. The van der Waals surface area contributed by atoms with Gasteiger partial charge in [-0.2, -0.15) is 0 Å². The maximum Gasteiger partial charge on any atom is 0.236 e. The summed E-state index contributed by atoms with van der Waals surface area (Å²) < 4.78 is 0. The van der Waals surface area contributed by atoms with Crippen molar-refractivity contribution in [1.82, 2.24) is 5.32 Å². The second-order valence-electron chi connectivity index (χ2n) is 3.95. The zero-order chi connectivity index (χ0) is 12.0. The van der Waals surface area contributed by atoms with Crippen LogP contribution in [0.1, 0.15) is 13.8 Å². The lowest BCUT2D eigenvalue weighted by molar-refractivity contribution is -0.122. The molecule has 2 unspecified atom stereocenters. The zero-order valence-corrected chi connectivity index (χ0v) is 11.0. The molecule has 0 aliphatic heterocycles. The molecule has 4 nitrogen and oxygen atoms in total. The molecule has 96 valence electrons. The summed E-state index contributed by atoms with van der Waals surface area (Å²) in [5, 5.41) is 6.06. The van der Waals surface area contributed by atoms with Crippen LogP contribution in [0.25, 0.3) is 0 Å². The lowest BCUT2D eigenvalue weighted by atomic mass is 10.2. The lowest BCUT2D eigenvalue weighted by Gasteiger charge is -2.16. The van der Waals surface area contributed by atoms with Gasteiger partial charge in [-0.25, -0.2) is 0 Å². The van der Waals surface area contributed by atoms with Crippen molar-refractivity contribution in [2.75, 3.05) is 11.9 Å². The van der Waals surface area contributed by atoms with Crippen molar-refractivity contribution in [1.29, 1.82) is 0 Å². The molecule has 1 aromatic carbocycles. The van der Waals surface area contributed by atoms with Crippen LogP contribution in [0.15, 0.2) is 30.3 Å². The molecule has 5 heteroatoms. The molecule has 1 rings (SSSR count). The zero-order valence-electron chi connectivity index (χ0n) is 10.1. The fourth-order valence-electron chi connectivity index (χ4n) is 1.25. The van der Waals surface area contributed by atoms with Gasteiger partial charge in [-0.3, -0.25) is 4.79 Å². The quantitative estimate of drug-likeness (QED) is 0.747. The Morgan fingerprint density at radius 3 is 2.41 bits per heavy atom. The minimum Gasteiger partial charge on any atom is -0.383 e. The Morgan fingerprint density at radius 2 is 1.88 bits per heavy atom. The van der Waals surface area contributed by atoms with Crippen molar-refractivity contribution in [2.24, 2.45) is 5.73 Å². The van der Waals surface area contributed by atoms with Gasteiger partial charge in [-0.1, -0.05) is 18.2 Å². The third kappa shape index (κ3) is 6.14. The topological polar surface area (TPSA) is 67.1 Å². The fraction of sp³-hybridized carbons (Fsp3) is 0.417. The summed E-state index contributed by atoms with van der Waals surface area (Å²) in [6.07, 6.45) is 0. The van der Waals surface area contributed by atoms with E-state index in [1.807, 2.05) is 37.3 Å². The molecule has 0 fully saturated rings. The Hall–Kier alpha value is -1.26. The predicted octanol–water partition coefficient (Wildman–Crippen LogP) is 1.37. The number of carbonyl (C=O) groups is 1. The average Bonchev–Trinajstić information content (AvgIpc) is 2.27. The number of halogens is 1. The van der Waals surface area contributed by atoms with Crippen molar-refractivity contribution in [3.63, 3.8) is 0 Å². The summed E-state index contributed by atoms with van der Waals surface area (Å²) in [5.74, 6) is -0.123. The maximum atomic E-state index is 11.3. The smallest absolute Gasteiger partial charge is 0.236 e. The highest BCUT2D eigenvalue weighted by atomic mass is 35.5. The molecule has 0 spiro atoms. The van der Waals surface area contributed by atoms with E-state index in [1.54, 1.807) is 6.92 Å². The van der Waals surface area contributed by atoms with Crippen molar-refractivity contribution < 1.29 is 4.79 Å². The van der Waals surface area contributed by atoms with Gasteiger partial charge in [0.25, 0.3) is 0 Å². The highest BCUT2D eigenvalue weighted by Gasteiger charge is 2.10. The van der Waals surface area contributed by atoms with E-state index < -0.39 is 6.04 Å². The molecule has 17 heavy (non-hydrogen) atoms. The summed E-state index contributed by atoms with van der Waals surface area (Å²) in [5.41, 5.74) is 6.50. The average molecular weight is 258 g/mol. The molecule has 0 aliphatic carbocycles. The maximum absolute atomic E-state index is 11.3. The van der Waals surface area contributed by atoms with Crippen LogP contribution in [0.4, 0.5) is 5.69 Å². The van der Waals surface area contributed by atoms with Crippen LogP contribution >= 0.6 is 12.4 Å². The second kappa shape index (κ2) is 7.92. The molecular weight excluding hydrogens is 238 g/mol. The van der Waals surface area contributed by atoms with Gasteiger partial charge in [-0.05, 0) is 26.0 Å². The molecule has 0 saturated heterocycles. The van der Waals surface area contributed by atoms with E-state index in [1.165, 1.54) is 0 Å². The molecule has 4 N–H and O–H groups in total. The number of nitrogens with two attached hydrogens (primary N) is 1. The molecule has 0 saturated carbocycles. The molecule has 1 amide bonds. The number of hydrogen-bond donors (Lipinski definition) is 3. The van der Waals surface area contributed by atoms with E-state index in [2.05, 4.69) is 10.6 Å². The van der Waals surface area contributed by atoms with Crippen LogP contribution in [0.3, 0.4) is 0 Å². The highest BCUT2D eigenvalue weighted by molar-refractivity contribution is 5.85. The molecule has 0 bridgehead atoms. The Kier molecular flexibility index (Phi) is 7.34. The highest BCUT2D eigenvalue weighted by Crippen LogP contribution is 2.04. The van der Waals surface area contributed by atoms with Crippen LogP contribution < -0.4 is 16.4 Å². The number of anilines is 1. The van der Waals surface area contributed by atoms with Gasteiger partial charge in [0.15, 0.2) is 0 Å². The van der Waals surface area contributed by atoms with Gasteiger partial charge in [0.05, 0.1) is 6.04 Å². The summed E-state index contributed by atoms with van der Waals surface area (Å²) in [6.45, 7) is 4.30. The Bertz CT molecular complexity index is 330. The summed E-state index contributed by atoms with van der Waals surface area (Å²) in [4.78, 5) is 11.3. The number of hydrogen-bond acceptors (Lipinski definition) is 3. The number of benzene rings is 1. The van der Waals surface area contributed by atoms with Gasteiger partial charge in [0, 0.05) is 18.3 Å². The molecule has 0 heterocycles. The molecule has 1 aromatic rings. The van der Waals surface area contributed by atoms with E-state index in [4.69, 9.17) is 5.73 Å². The third-order valence-corrected chi connectivity index (χ3v) is 2.19. The Balaban J connectivity index is 0.00000256. The van der Waals surface area contributed by atoms with E-state index in [-0.39, 0.29) is 24.4 Å². The van der Waals surface area contributed by atoms with Gasteiger partial charge in [0.1, 0.15) is 0 Å². The monoisotopic (exact) mass is 257 g/mol. The van der Waals surface area contributed by atoms with Gasteiger partial charge >= 0.3 is 0 Å². The normalized spacial score (nSPS) is 13.1. The Morgan fingerprint density at radius 1 is 1.29 bits per heavy atom. The van der Waals surface area contributed by atoms with Gasteiger partial charge in [-0.15, -0.1) is 12.4 Å². The summed E-state index contributed by atoms with van der Waals surface area (Å²) >= 11 is 0. The third-order valence-electron chi connectivity index (χ3n) is 2.19. The minimum absolute atomic E-state index is 0. The minimum atomic E-state index is -0.459. The number of para-hydroxylation sites is 1. The number of carbonyl (C=O) groups excluding carboxylic acids is 1. The van der Waals surface area contributed by atoms with E-state index >= 15 is 0 Å². The molecule has 0 aromatic heterocycles. The van der Waals surface area contributed by atoms with Crippen LogP contribution in [0.2, 0.25) is 0 Å².